The average Bonchev–Trinajstić information content (AvgIpc) is 2.76. The number of hydrogen-bond acceptors (Lipinski definition) is 4. The molecule has 104 valence electrons. The highest BCUT2D eigenvalue weighted by atomic mass is 32.2. The lowest BCUT2D eigenvalue weighted by atomic mass is 10.1. The van der Waals surface area contributed by atoms with Crippen LogP contribution in [0, 0.1) is 5.92 Å². The molecule has 1 heterocycles. The lowest BCUT2D eigenvalue weighted by Crippen LogP contribution is -2.35. The third-order valence-corrected chi connectivity index (χ3v) is 4.75. The first-order valence-corrected chi connectivity index (χ1v) is 7.49. The molecule has 0 aliphatic rings. The summed E-state index contributed by atoms with van der Waals surface area (Å²) in [4.78, 5) is 0. The molecule has 1 atom stereocenters. The fraction of sp³-hybridized carbons (Fsp3) is 0.667. The average molecular weight is 274 g/mol. The summed E-state index contributed by atoms with van der Waals surface area (Å²) in [7, 11) is -1.99. The van der Waals surface area contributed by atoms with Crippen LogP contribution in [0.3, 0.4) is 0 Å². The van der Waals surface area contributed by atoms with Gasteiger partial charge in [-0.25, -0.2) is 8.42 Å². The minimum atomic E-state index is -3.56. The molecule has 2 N–H and O–H groups in total. The van der Waals surface area contributed by atoms with Crippen molar-refractivity contribution < 1.29 is 12.8 Å². The molecule has 1 aromatic rings. The van der Waals surface area contributed by atoms with E-state index in [0.717, 1.165) is 6.42 Å². The van der Waals surface area contributed by atoms with E-state index in [1.165, 1.54) is 10.4 Å². The summed E-state index contributed by atoms with van der Waals surface area (Å²) in [5.41, 5.74) is 5.41. The summed E-state index contributed by atoms with van der Waals surface area (Å²) in [6.45, 7) is 6.22. The Morgan fingerprint density at radius 2 is 1.94 bits per heavy atom. The monoisotopic (exact) mass is 274 g/mol. The van der Waals surface area contributed by atoms with E-state index in [2.05, 4.69) is 13.8 Å². The van der Waals surface area contributed by atoms with Gasteiger partial charge in [0.15, 0.2) is 0 Å². The molecule has 0 bridgehead atoms. The number of sulfonamides is 1. The normalized spacial score (nSPS) is 14.4. The molecule has 1 aromatic heterocycles. The Balaban J connectivity index is 2.92. The van der Waals surface area contributed by atoms with Crippen LogP contribution in [0.15, 0.2) is 21.6 Å². The zero-order chi connectivity index (χ0) is 13.9. The molecule has 0 aromatic carbocycles. The second kappa shape index (κ2) is 5.86. The predicted octanol–water partition coefficient (Wildman–Crippen LogP) is 1.79. The highest BCUT2D eigenvalue weighted by molar-refractivity contribution is 7.89. The molecule has 1 rings (SSSR count). The SMILES string of the molecule is CC(C)CC(C)N(C)S(=O)(=O)c1ccc(CN)o1. The molecule has 0 aliphatic heterocycles. The highest BCUT2D eigenvalue weighted by Gasteiger charge is 2.28. The van der Waals surface area contributed by atoms with Crippen LogP contribution in [0.4, 0.5) is 0 Å². The van der Waals surface area contributed by atoms with E-state index >= 15 is 0 Å². The van der Waals surface area contributed by atoms with Gasteiger partial charge in [-0.05, 0) is 31.4 Å². The van der Waals surface area contributed by atoms with Crippen molar-refractivity contribution in [1.82, 2.24) is 4.31 Å². The van der Waals surface area contributed by atoms with Crippen molar-refractivity contribution in [3.63, 3.8) is 0 Å². The Bertz CT molecular complexity index is 479. The van der Waals surface area contributed by atoms with Gasteiger partial charge >= 0.3 is 0 Å². The second-order valence-electron chi connectivity index (χ2n) is 4.92. The maximum Gasteiger partial charge on any atom is 0.276 e. The van der Waals surface area contributed by atoms with Gasteiger partial charge in [0.05, 0.1) is 6.54 Å². The van der Waals surface area contributed by atoms with Gasteiger partial charge < -0.3 is 10.2 Å². The number of nitrogens with two attached hydrogens (primary N) is 1. The van der Waals surface area contributed by atoms with Crippen LogP contribution >= 0.6 is 0 Å². The van der Waals surface area contributed by atoms with Gasteiger partial charge in [-0.2, -0.15) is 4.31 Å². The Hall–Kier alpha value is -0.850. The van der Waals surface area contributed by atoms with Gasteiger partial charge in [-0.15, -0.1) is 0 Å². The van der Waals surface area contributed by atoms with E-state index in [0.29, 0.717) is 11.7 Å². The van der Waals surface area contributed by atoms with Crippen molar-refractivity contribution in [1.29, 1.82) is 0 Å². The van der Waals surface area contributed by atoms with Crippen molar-refractivity contribution >= 4 is 10.0 Å². The van der Waals surface area contributed by atoms with Crippen molar-refractivity contribution in [2.75, 3.05) is 7.05 Å². The van der Waals surface area contributed by atoms with Gasteiger partial charge in [0.1, 0.15) is 5.76 Å². The predicted molar refractivity (Wildman–Crippen MR) is 70.5 cm³/mol. The van der Waals surface area contributed by atoms with E-state index in [-0.39, 0.29) is 17.7 Å². The molecule has 0 spiro atoms. The largest absolute Gasteiger partial charge is 0.447 e. The molecule has 0 amide bonds. The summed E-state index contributed by atoms with van der Waals surface area (Å²) < 4.78 is 31.1. The van der Waals surface area contributed by atoms with Crippen LogP contribution in [0.25, 0.3) is 0 Å². The van der Waals surface area contributed by atoms with E-state index in [4.69, 9.17) is 10.2 Å². The van der Waals surface area contributed by atoms with E-state index in [1.807, 2.05) is 6.92 Å². The van der Waals surface area contributed by atoms with Crippen LogP contribution < -0.4 is 5.73 Å². The second-order valence-corrected chi connectivity index (χ2v) is 6.85. The third kappa shape index (κ3) is 3.34. The fourth-order valence-electron chi connectivity index (χ4n) is 1.82. The maximum atomic E-state index is 12.3. The summed E-state index contributed by atoms with van der Waals surface area (Å²) in [6.07, 6.45) is 0.806. The fourth-order valence-corrected chi connectivity index (χ4v) is 3.11. The molecule has 0 fully saturated rings. The molecular weight excluding hydrogens is 252 g/mol. The van der Waals surface area contributed by atoms with Gasteiger partial charge in [0, 0.05) is 13.1 Å². The van der Waals surface area contributed by atoms with E-state index in [9.17, 15) is 8.42 Å². The smallest absolute Gasteiger partial charge is 0.276 e. The third-order valence-electron chi connectivity index (χ3n) is 2.90. The number of hydrogen-bond donors (Lipinski definition) is 1. The molecule has 0 saturated carbocycles. The van der Waals surface area contributed by atoms with Gasteiger partial charge in [0.2, 0.25) is 5.09 Å². The molecule has 18 heavy (non-hydrogen) atoms. The van der Waals surface area contributed by atoms with Crippen LogP contribution in [0.2, 0.25) is 0 Å². The quantitative estimate of drug-likeness (QED) is 0.858. The molecule has 0 aliphatic carbocycles. The summed E-state index contributed by atoms with van der Waals surface area (Å²) >= 11 is 0. The van der Waals surface area contributed by atoms with Gasteiger partial charge in [-0.3, -0.25) is 0 Å². The highest BCUT2D eigenvalue weighted by Crippen LogP contribution is 2.21. The summed E-state index contributed by atoms with van der Waals surface area (Å²) in [5.74, 6) is 0.910. The Morgan fingerprint density at radius 3 is 2.39 bits per heavy atom. The standard InChI is InChI=1S/C12H22N2O3S/c1-9(2)7-10(3)14(4)18(15,16)12-6-5-11(8-13)17-12/h5-6,9-10H,7-8,13H2,1-4H3. The van der Waals surface area contributed by atoms with E-state index < -0.39 is 10.0 Å². The lowest BCUT2D eigenvalue weighted by Gasteiger charge is -2.24. The van der Waals surface area contributed by atoms with E-state index in [1.54, 1.807) is 13.1 Å². The Labute approximate surface area is 109 Å². The maximum absolute atomic E-state index is 12.3. The van der Waals surface area contributed by atoms with Gasteiger partial charge in [-0.1, -0.05) is 13.8 Å². The Morgan fingerprint density at radius 1 is 1.33 bits per heavy atom. The first-order chi connectivity index (χ1) is 8.28. The first-order valence-electron chi connectivity index (χ1n) is 6.05. The topological polar surface area (TPSA) is 76.5 Å². The van der Waals surface area contributed by atoms with Gasteiger partial charge in [0.25, 0.3) is 10.0 Å². The molecular formula is C12H22N2O3S. The van der Waals surface area contributed by atoms with Crippen LogP contribution in [0.5, 0.6) is 0 Å². The van der Waals surface area contributed by atoms with Crippen molar-refractivity contribution in [2.24, 2.45) is 11.7 Å². The van der Waals surface area contributed by atoms with Crippen LogP contribution in [-0.4, -0.2) is 25.8 Å². The molecule has 5 nitrogen and oxygen atoms in total. The number of nitrogens with zero attached hydrogens (tertiary/aromatic N) is 1. The minimum absolute atomic E-state index is 0.0407. The van der Waals surface area contributed by atoms with Crippen LogP contribution in [-0.2, 0) is 16.6 Å². The van der Waals surface area contributed by atoms with Crippen molar-refractivity contribution in [2.45, 2.75) is 44.9 Å². The van der Waals surface area contributed by atoms with Crippen LogP contribution in [0.1, 0.15) is 33.0 Å². The zero-order valence-electron chi connectivity index (χ0n) is 11.4. The summed E-state index contributed by atoms with van der Waals surface area (Å²) in [5, 5.41) is -0.0407. The molecule has 1 unspecified atom stereocenters. The Kier molecular flexibility index (Phi) is 4.95. The number of rotatable bonds is 6. The lowest BCUT2D eigenvalue weighted by molar-refractivity contribution is 0.322. The number of furan rings is 1. The molecule has 6 heteroatoms. The van der Waals surface area contributed by atoms with Crippen molar-refractivity contribution in [3.05, 3.63) is 17.9 Å². The first kappa shape index (κ1) is 15.2. The minimum Gasteiger partial charge on any atom is -0.447 e. The molecule has 0 saturated heterocycles. The molecule has 0 radical (unpaired) electrons. The summed E-state index contributed by atoms with van der Waals surface area (Å²) in [6, 6.07) is 2.98. The zero-order valence-corrected chi connectivity index (χ0v) is 12.2. The van der Waals surface area contributed by atoms with Crippen molar-refractivity contribution in [3.8, 4) is 0 Å².